The Morgan fingerprint density at radius 3 is 2.78 bits per heavy atom. The molecule has 1 aliphatic heterocycles. The summed E-state index contributed by atoms with van der Waals surface area (Å²) in [6.07, 6.45) is 2.43. The summed E-state index contributed by atoms with van der Waals surface area (Å²) in [4.78, 5) is 8.31. The number of hydrogen-bond donors (Lipinski definition) is 1. The average Bonchev–Trinajstić information content (AvgIpc) is 2.51. The summed E-state index contributed by atoms with van der Waals surface area (Å²) in [7, 11) is -2.94. The Labute approximate surface area is 116 Å². The van der Waals surface area contributed by atoms with Crippen LogP contribution in [0.15, 0.2) is 11.2 Å². The minimum Gasteiger partial charge on any atom is -0.364 e. The first-order valence-corrected chi connectivity index (χ1v) is 8.81. The van der Waals surface area contributed by atoms with Gasteiger partial charge in [-0.1, -0.05) is 23.4 Å². The number of sulfone groups is 1. The van der Waals surface area contributed by atoms with Crippen LogP contribution in [0.2, 0.25) is 5.15 Å². The van der Waals surface area contributed by atoms with Gasteiger partial charge >= 0.3 is 0 Å². The van der Waals surface area contributed by atoms with Crippen molar-refractivity contribution in [3.8, 4) is 0 Å². The summed E-state index contributed by atoms with van der Waals surface area (Å²) >= 11 is 7.28. The third-order valence-corrected chi connectivity index (χ3v) is 5.43. The molecule has 0 spiro atoms. The fourth-order valence-corrected chi connectivity index (χ4v) is 4.68. The molecule has 1 N–H and O–H groups in total. The van der Waals surface area contributed by atoms with Gasteiger partial charge in [0.25, 0.3) is 0 Å². The lowest BCUT2D eigenvalue weighted by atomic mass is 10.0. The van der Waals surface area contributed by atoms with Crippen LogP contribution in [0.4, 0.5) is 5.82 Å². The second-order valence-electron chi connectivity index (χ2n) is 4.59. The molecule has 8 heteroatoms. The van der Waals surface area contributed by atoms with Gasteiger partial charge in [-0.2, -0.15) is 0 Å². The van der Waals surface area contributed by atoms with Gasteiger partial charge < -0.3 is 5.32 Å². The average molecular weight is 308 g/mol. The molecule has 1 atom stereocenters. The maximum Gasteiger partial charge on any atom is 0.190 e. The van der Waals surface area contributed by atoms with E-state index in [2.05, 4.69) is 15.3 Å². The summed E-state index contributed by atoms with van der Waals surface area (Å²) in [5.41, 5.74) is -0.480. The van der Waals surface area contributed by atoms with Gasteiger partial charge in [-0.25, -0.2) is 18.4 Å². The van der Waals surface area contributed by atoms with E-state index in [0.717, 1.165) is 0 Å². The van der Waals surface area contributed by atoms with Crippen molar-refractivity contribution >= 4 is 39.0 Å². The summed E-state index contributed by atoms with van der Waals surface area (Å²) in [6.45, 7) is 1.88. The Morgan fingerprint density at radius 1 is 1.50 bits per heavy atom. The van der Waals surface area contributed by atoms with E-state index in [4.69, 9.17) is 11.6 Å². The van der Waals surface area contributed by atoms with Crippen molar-refractivity contribution in [2.45, 2.75) is 24.0 Å². The lowest BCUT2D eigenvalue weighted by molar-refractivity contribution is 0.571. The molecule has 0 aliphatic carbocycles. The van der Waals surface area contributed by atoms with Gasteiger partial charge in [0, 0.05) is 6.07 Å². The van der Waals surface area contributed by atoms with Crippen molar-refractivity contribution in [2.75, 3.05) is 23.1 Å². The van der Waals surface area contributed by atoms with E-state index in [1.54, 1.807) is 6.07 Å². The number of halogens is 1. The number of hydrogen-bond acceptors (Lipinski definition) is 6. The molecule has 1 saturated heterocycles. The van der Waals surface area contributed by atoms with Crippen LogP contribution in [0.1, 0.15) is 13.3 Å². The van der Waals surface area contributed by atoms with E-state index in [1.807, 2.05) is 13.2 Å². The zero-order valence-corrected chi connectivity index (χ0v) is 12.5. The molecule has 5 nitrogen and oxygen atoms in total. The molecule has 1 aliphatic rings. The van der Waals surface area contributed by atoms with Crippen molar-refractivity contribution in [3.63, 3.8) is 0 Å². The molecule has 0 radical (unpaired) electrons. The van der Waals surface area contributed by atoms with E-state index in [1.165, 1.54) is 11.8 Å². The largest absolute Gasteiger partial charge is 0.364 e. The smallest absolute Gasteiger partial charge is 0.190 e. The van der Waals surface area contributed by atoms with Gasteiger partial charge in [0.2, 0.25) is 0 Å². The third kappa shape index (κ3) is 3.27. The predicted octanol–water partition coefficient (Wildman–Crippen LogP) is 1.84. The first-order chi connectivity index (χ1) is 8.32. The molecular formula is C10H14ClN3O2S2. The molecule has 100 valence electrons. The van der Waals surface area contributed by atoms with Crippen molar-refractivity contribution in [1.82, 2.24) is 9.97 Å². The zero-order chi connectivity index (χ0) is 13.4. The number of nitrogens with zero attached hydrogens (tertiary/aromatic N) is 2. The predicted molar refractivity (Wildman–Crippen MR) is 74.1 cm³/mol. The third-order valence-electron chi connectivity index (χ3n) is 2.79. The van der Waals surface area contributed by atoms with Crippen molar-refractivity contribution < 1.29 is 8.42 Å². The van der Waals surface area contributed by atoms with Crippen molar-refractivity contribution in [3.05, 3.63) is 11.2 Å². The Kier molecular flexibility index (Phi) is 3.75. The Balaban J connectivity index is 2.22. The number of thioether (sulfide) groups is 1. The molecule has 1 aromatic heterocycles. The molecule has 2 rings (SSSR count). The molecule has 0 saturated carbocycles. The standard InChI is InChI=1S/C10H14ClN3O2S2/c1-10(3-4-18(15,16)6-10)14-8-5-7(11)12-9(13-8)17-2/h5H,3-4,6H2,1-2H3,(H,12,13,14). The Morgan fingerprint density at radius 2 is 2.22 bits per heavy atom. The van der Waals surface area contributed by atoms with Crippen LogP contribution in [0, 0.1) is 0 Å². The van der Waals surface area contributed by atoms with E-state index in [0.29, 0.717) is 22.5 Å². The van der Waals surface area contributed by atoms with Crippen molar-refractivity contribution in [2.24, 2.45) is 0 Å². The normalized spacial score (nSPS) is 26.2. The Bertz CT molecular complexity index is 564. The monoisotopic (exact) mass is 307 g/mol. The van der Waals surface area contributed by atoms with Crippen LogP contribution >= 0.6 is 23.4 Å². The van der Waals surface area contributed by atoms with Crippen molar-refractivity contribution in [1.29, 1.82) is 0 Å². The van der Waals surface area contributed by atoms with Crippen LogP contribution in [0.3, 0.4) is 0 Å². The quantitative estimate of drug-likeness (QED) is 0.522. The van der Waals surface area contributed by atoms with Crippen LogP contribution in [-0.2, 0) is 9.84 Å². The highest BCUT2D eigenvalue weighted by atomic mass is 35.5. The minimum absolute atomic E-state index is 0.121. The summed E-state index contributed by atoms with van der Waals surface area (Å²) in [5.74, 6) is 0.903. The summed E-state index contributed by atoms with van der Waals surface area (Å²) < 4.78 is 23.0. The molecule has 1 fully saturated rings. The highest BCUT2D eigenvalue weighted by molar-refractivity contribution is 7.98. The maximum atomic E-state index is 11.5. The maximum absolute atomic E-state index is 11.5. The molecule has 2 heterocycles. The summed E-state index contributed by atoms with van der Waals surface area (Å²) in [6, 6.07) is 1.61. The molecule has 0 bridgehead atoms. The fraction of sp³-hybridized carbons (Fsp3) is 0.600. The SMILES string of the molecule is CSc1nc(Cl)cc(NC2(C)CCS(=O)(=O)C2)n1. The lowest BCUT2D eigenvalue weighted by Gasteiger charge is -2.24. The number of nitrogens with one attached hydrogen (secondary N) is 1. The minimum atomic E-state index is -2.94. The summed E-state index contributed by atoms with van der Waals surface area (Å²) in [5, 5.41) is 4.07. The van der Waals surface area contributed by atoms with Gasteiger partial charge in [-0.15, -0.1) is 0 Å². The second kappa shape index (κ2) is 4.86. The van der Waals surface area contributed by atoms with Gasteiger partial charge in [0.1, 0.15) is 11.0 Å². The molecule has 0 amide bonds. The van der Waals surface area contributed by atoms with Crippen LogP contribution in [0.25, 0.3) is 0 Å². The van der Waals surface area contributed by atoms with Gasteiger partial charge in [-0.05, 0) is 19.6 Å². The first-order valence-electron chi connectivity index (χ1n) is 5.39. The molecule has 0 aromatic carbocycles. The molecule has 18 heavy (non-hydrogen) atoms. The van der Waals surface area contributed by atoms with Gasteiger partial charge in [0.15, 0.2) is 15.0 Å². The topological polar surface area (TPSA) is 72.0 Å². The number of rotatable bonds is 3. The van der Waals surface area contributed by atoms with Gasteiger partial charge in [0.05, 0.1) is 17.0 Å². The molecule has 1 unspecified atom stereocenters. The molecular weight excluding hydrogens is 294 g/mol. The van der Waals surface area contributed by atoms with Crippen LogP contribution < -0.4 is 5.32 Å². The number of aromatic nitrogens is 2. The van der Waals surface area contributed by atoms with Gasteiger partial charge in [-0.3, -0.25) is 0 Å². The second-order valence-corrected chi connectivity index (χ2v) is 7.94. The fourth-order valence-electron chi connectivity index (χ4n) is 1.97. The molecule has 1 aromatic rings. The number of anilines is 1. The highest BCUT2D eigenvalue weighted by Gasteiger charge is 2.38. The van der Waals surface area contributed by atoms with E-state index in [9.17, 15) is 8.42 Å². The first kappa shape index (κ1) is 13.9. The van der Waals surface area contributed by atoms with E-state index in [-0.39, 0.29) is 11.5 Å². The van der Waals surface area contributed by atoms with E-state index < -0.39 is 15.4 Å². The van der Waals surface area contributed by atoms with E-state index >= 15 is 0 Å². The zero-order valence-electron chi connectivity index (χ0n) is 10.1. The highest BCUT2D eigenvalue weighted by Crippen LogP contribution is 2.28. The van der Waals surface area contributed by atoms with Crippen LogP contribution in [-0.4, -0.2) is 41.7 Å². The Hall–Kier alpha value is -0.530. The van der Waals surface area contributed by atoms with Crippen LogP contribution in [0.5, 0.6) is 0 Å². The lowest BCUT2D eigenvalue weighted by Crippen LogP contribution is -2.36.